The maximum Gasteiger partial charge on any atom is 0.234 e. The van der Waals surface area contributed by atoms with Crippen LogP contribution in [0.15, 0.2) is 12.4 Å². The van der Waals surface area contributed by atoms with Crippen molar-refractivity contribution in [2.45, 2.75) is 39.7 Å². The van der Waals surface area contributed by atoms with Crippen molar-refractivity contribution in [3.8, 4) is 0 Å². The van der Waals surface area contributed by atoms with Crippen molar-refractivity contribution in [2.75, 3.05) is 45.8 Å². The van der Waals surface area contributed by atoms with Crippen LogP contribution in [0.25, 0.3) is 0 Å². The molecule has 6 nitrogen and oxygen atoms in total. The van der Waals surface area contributed by atoms with E-state index in [9.17, 15) is 4.79 Å². The summed E-state index contributed by atoms with van der Waals surface area (Å²) in [4.78, 5) is 20.9. The quantitative estimate of drug-likeness (QED) is 0.780. The molecule has 1 fully saturated rings. The van der Waals surface area contributed by atoms with Crippen LogP contribution in [-0.2, 0) is 11.3 Å². The van der Waals surface area contributed by atoms with Crippen molar-refractivity contribution in [1.29, 1.82) is 0 Å². The van der Waals surface area contributed by atoms with Gasteiger partial charge in [-0.2, -0.15) is 0 Å². The first-order chi connectivity index (χ1) is 11.1. The second-order valence-corrected chi connectivity index (χ2v) is 6.60. The third-order valence-corrected chi connectivity index (χ3v) is 4.33. The molecular weight excluding hydrogens is 290 g/mol. The van der Waals surface area contributed by atoms with Crippen LogP contribution in [0.3, 0.4) is 0 Å². The molecule has 1 aromatic rings. The summed E-state index contributed by atoms with van der Waals surface area (Å²) in [5, 5.41) is 2.95. The van der Waals surface area contributed by atoms with Gasteiger partial charge in [0, 0.05) is 64.1 Å². The topological polar surface area (TPSA) is 53.4 Å². The Labute approximate surface area is 139 Å². The van der Waals surface area contributed by atoms with Gasteiger partial charge in [0.25, 0.3) is 0 Å². The van der Waals surface area contributed by atoms with E-state index >= 15 is 0 Å². The summed E-state index contributed by atoms with van der Waals surface area (Å²) in [7, 11) is 0. The van der Waals surface area contributed by atoms with Gasteiger partial charge >= 0.3 is 0 Å². The average Bonchev–Trinajstić information content (AvgIpc) is 3.01. The van der Waals surface area contributed by atoms with E-state index in [1.54, 1.807) is 0 Å². The maximum absolute atomic E-state index is 11.8. The second kappa shape index (κ2) is 9.03. The van der Waals surface area contributed by atoms with Crippen molar-refractivity contribution in [3.63, 3.8) is 0 Å². The average molecular weight is 321 g/mol. The van der Waals surface area contributed by atoms with Gasteiger partial charge in [-0.3, -0.25) is 14.6 Å². The minimum absolute atomic E-state index is 0.153. The lowest BCUT2D eigenvalue weighted by molar-refractivity contribution is -0.122. The zero-order valence-corrected chi connectivity index (χ0v) is 14.8. The van der Waals surface area contributed by atoms with Crippen LogP contribution in [0.2, 0.25) is 0 Å². The fourth-order valence-electron chi connectivity index (χ4n) is 2.95. The molecule has 2 rings (SSSR count). The third-order valence-electron chi connectivity index (χ3n) is 4.33. The minimum Gasteiger partial charge on any atom is -0.355 e. The van der Waals surface area contributed by atoms with Crippen LogP contribution in [0.4, 0.5) is 0 Å². The molecule has 130 valence electrons. The summed E-state index contributed by atoms with van der Waals surface area (Å²) >= 11 is 0. The summed E-state index contributed by atoms with van der Waals surface area (Å²) in [6.07, 6.45) is 4.96. The molecule has 0 spiro atoms. The van der Waals surface area contributed by atoms with Crippen LogP contribution in [0.1, 0.15) is 38.9 Å². The van der Waals surface area contributed by atoms with Gasteiger partial charge in [-0.15, -0.1) is 0 Å². The SMILES string of the molecule is CCCNC(=O)CN1CCN(CCn2ccnc2C(C)C)CC1. The first-order valence-corrected chi connectivity index (χ1v) is 8.82. The number of nitrogens with zero attached hydrogens (tertiary/aromatic N) is 4. The van der Waals surface area contributed by atoms with Gasteiger partial charge in [0.05, 0.1) is 6.54 Å². The number of carbonyl (C=O) groups is 1. The molecule has 1 amide bonds. The number of hydrogen-bond acceptors (Lipinski definition) is 4. The Morgan fingerprint density at radius 1 is 1.22 bits per heavy atom. The van der Waals surface area contributed by atoms with Gasteiger partial charge in [-0.1, -0.05) is 20.8 Å². The Balaban J connectivity index is 1.68. The lowest BCUT2D eigenvalue weighted by atomic mass is 10.2. The molecule has 0 aromatic carbocycles. The molecule has 0 radical (unpaired) electrons. The zero-order chi connectivity index (χ0) is 16.7. The summed E-state index contributed by atoms with van der Waals surface area (Å²) in [5.41, 5.74) is 0. The largest absolute Gasteiger partial charge is 0.355 e. The summed E-state index contributed by atoms with van der Waals surface area (Å²) in [6, 6.07) is 0. The lowest BCUT2D eigenvalue weighted by Crippen LogP contribution is -2.50. The number of aromatic nitrogens is 2. The van der Waals surface area contributed by atoms with Crippen molar-refractivity contribution in [3.05, 3.63) is 18.2 Å². The van der Waals surface area contributed by atoms with E-state index < -0.39 is 0 Å². The summed E-state index contributed by atoms with van der Waals surface area (Å²) in [6.45, 7) is 13.8. The van der Waals surface area contributed by atoms with Gasteiger partial charge in [0.2, 0.25) is 5.91 Å². The number of hydrogen-bond donors (Lipinski definition) is 1. The molecule has 23 heavy (non-hydrogen) atoms. The van der Waals surface area contributed by atoms with Gasteiger partial charge in [-0.25, -0.2) is 4.98 Å². The molecule has 2 heterocycles. The molecule has 0 unspecified atom stereocenters. The molecule has 0 aliphatic carbocycles. The normalized spacial score (nSPS) is 16.9. The molecule has 1 aliphatic heterocycles. The number of carbonyl (C=O) groups excluding carboxylic acids is 1. The van der Waals surface area contributed by atoms with Crippen molar-refractivity contribution < 1.29 is 4.79 Å². The Hall–Kier alpha value is -1.40. The van der Waals surface area contributed by atoms with Gasteiger partial charge in [0.1, 0.15) is 5.82 Å². The Bertz CT molecular complexity index is 477. The summed E-state index contributed by atoms with van der Waals surface area (Å²) < 4.78 is 2.26. The van der Waals surface area contributed by atoms with E-state index in [4.69, 9.17) is 0 Å². The van der Waals surface area contributed by atoms with Crippen LogP contribution in [0, 0.1) is 0 Å². The van der Waals surface area contributed by atoms with Crippen LogP contribution < -0.4 is 5.32 Å². The molecule has 1 N–H and O–H groups in total. The highest BCUT2D eigenvalue weighted by molar-refractivity contribution is 5.77. The number of rotatable bonds is 8. The molecule has 1 aliphatic rings. The third kappa shape index (κ3) is 5.62. The fraction of sp³-hybridized carbons (Fsp3) is 0.765. The molecule has 1 aromatic heterocycles. The molecular formula is C17H31N5O. The van der Waals surface area contributed by atoms with E-state index in [0.717, 1.165) is 58.1 Å². The van der Waals surface area contributed by atoms with E-state index in [-0.39, 0.29) is 5.91 Å². The van der Waals surface area contributed by atoms with E-state index in [1.807, 2.05) is 6.20 Å². The number of nitrogens with one attached hydrogen (secondary N) is 1. The highest BCUT2D eigenvalue weighted by Gasteiger charge is 2.19. The fourth-order valence-corrected chi connectivity index (χ4v) is 2.95. The van der Waals surface area contributed by atoms with E-state index in [0.29, 0.717) is 12.5 Å². The number of amides is 1. The van der Waals surface area contributed by atoms with Crippen molar-refractivity contribution in [2.24, 2.45) is 0 Å². The maximum atomic E-state index is 11.8. The first-order valence-electron chi connectivity index (χ1n) is 8.82. The van der Waals surface area contributed by atoms with Crippen molar-refractivity contribution in [1.82, 2.24) is 24.7 Å². The Morgan fingerprint density at radius 2 is 1.91 bits per heavy atom. The zero-order valence-electron chi connectivity index (χ0n) is 14.8. The molecule has 1 saturated heterocycles. The van der Waals surface area contributed by atoms with Crippen molar-refractivity contribution >= 4 is 5.91 Å². The lowest BCUT2D eigenvalue weighted by Gasteiger charge is -2.34. The Kier molecular flexibility index (Phi) is 7.05. The van der Waals surface area contributed by atoms with Gasteiger partial charge in [0.15, 0.2) is 0 Å². The predicted octanol–water partition coefficient (Wildman–Crippen LogP) is 1.15. The number of imidazole rings is 1. The predicted molar refractivity (Wildman–Crippen MR) is 92.5 cm³/mol. The highest BCUT2D eigenvalue weighted by atomic mass is 16.2. The molecule has 6 heteroatoms. The van der Waals surface area contributed by atoms with Gasteiger partial charge in [-0.05, 0) is 6.42 Å². The summed E-state index contributed by atoms with van der Waals surface area (Å²) in [5.74, 6) is 1.78. The second-order valence-electron chi connectivity index (χ2n) is 6.60. The van der Waals surface area contributed by atoms with Gasteiger partial charge < -0.3 is 9.88 Å². The molecule has 0 bridgehead atoms. The highest BCUT2D eigenvalue weighted by Crippen LogP contribution is 2.12. The van der Waals surface area contributed by atoms with E-state index in [2.05, 4.69) is 51.6 Å². The van der Waals surface area contributed by atoms with Crippen LogP contribution in [-0.4, -0.2) is 71.1 Å². The first kappa shape index (κ1) is 17.9. The Morgan fingerprint density at radius 3 is 2.57 bits per heavy atom. The monoisotopic (exact) mass is 321 g/mol. The smallest absolute Gasteiger partial charge is 0.234 e. The minimum atomic E-state index is 0.153. The van der Waals surface area contributed by atoms with E-state index in [1.165, 1.54) is 0 Å². The van der Waals surface area contributed by atoms with Crippen LogP contribution in [0.5, 0.6) is 0 Å². The standard InChI is InChI=1S/C17H31N5O/c1-4-5-18-16(23)14-21-10-8-20(9-11-21)12-13-22-7-6-19-17(22)15(2)3/h6-7,15H,4-5,8-14H2,1-3H3,(H,18,23). The molecule has 0 atom stereocenters. The van der Waals surface area contributed by atoms with Crippen LogP contribution >= 0.6 is 0 Å². The molecule has 0 saturated carbocycles. The number of piperazine rings is 1.